The zero-order valence-electron chi connectivity index (χ0n) is 14.7. The number of rotatable bonds is 7. The molecule has 0 amide bonds. The van der Waals surface area contributed by atoms with Crippen LogP contribution in [0, 0.1) is 0 Å². The number of hydrogen-bond donors (Lipinski definition) is 0. The van der Waals surface area contributed by atoms with Crippen LogP contribution in [-0.2, 0) is 6.54 Å². The molecular weight excluding hydrogens is 352 g/mol. The van der Waals surface area contributed by atoms with Gasteiger partial charge in [0.1, 0.15) is 0 Å². The van der Waals surface area contributed by atoms with Crippen LogP contribution in [0.4, 0.5) is 0 Å². The van der Waals surface area contributed by atoms with Gasteiger partial charge in [-0.25, -0.2) is 0 Å². The Balaban J connectivity index is 1.68. The Morgan fingerprint density at radius 1 is 1.28 bits per heavy atom. The number of benzene rings is 1. The molecule has 134 valence electrons. The standard InChI is InChI=1S/C19H25ClN4S/c1-3-12-24-18(15-7-9-16(20)10-8-15)21-22-19(24)25-14-11-17-6-4-5-13-23(17)2/h3,7-10,17H,1,4-6,11-14H2,2H3. The van der Waals surface area contributed by atoms with Crippen molar-refractivity contribution in [2.75, 3.05) is 19.3 Å². The molecule has 25 heavy (non-hydrogen) atoms. The predicted molar refractivity (Wildman–Crippen MR) is 106 cm³/mol. The lowest BCUT2D eigenvalue weighted by Crippen LogP contribution is -2.36. The van der Waals surface area contributed by atoms with Gasteiger partial charge in [-0.15, -0.1) is 16.8 Å². The van der Waals surface area contributed by atoms with E-state index >= 15 is 0 Å². The molecule has 0 aliphatic carbocycles. The summed E-state index contributed by atoms with van der Waals surface area (Å²) in [4.78, 5) is 2.50. The summed E-state index contributed by atoms with van der Waals surface area (Å²) in [6.07, 6.45) is 7.08. The first-order valence-electron chi connectivity index (χ1n) is 8.82. The summed E-state index contributed by atoms with van der Waals surface area (Å²) in [7, 11) is 2.24. The van der Waals surface area contributed by atoms with Crippen molar-refractivity contribution in [2.24, 2.45) is 0 Å². The third-order valence-corrected chi connectivity index (χ3v) is 5.99. The second kappa shape index (κ2) is 8.88. The lowest BCUT2D eigenvalue weighted by atomic mass is 10.0. The Labute approximate surface area is 159 Å². The number of halogens is 1. The highest BCUT2D eigenvalue weighted by molar-refractivity contribution is 7.99. The van der Waals surface area contributed by atoms with E-state index in [9.17, 15) is 0 Å². The maximum atomic E-state index is 5.99. The largest absolute Gasteiger partial charge is 0.303 e. The third-order valence-electron chi connectivity index (χ3n) is 4.73. The van der Waals surface area contributed by atoms with E-state index in [4.69, 9.17) is 11.6 Å². The van der Waals surface area contributed by atoms with E-state index in [-0.39, 0.29) is 0 Å². The highest BCUT2D eigenvalue weighted by atomic mass is 35.5. The molecule has 1 unspecified atom stereocenters. The van der Waals surface area contributed by atoms with Crippen molar-refractivity contribution in [3.8, 4) is 11.4 Å². The van der Waals surface area contributed by atoms with E-state index in [0.717, 1.165) is 27.3 Å². The minimum Gasteiger partial charge on any atom is -0.303 e. The molecule has 1 aliphatic rings. The van der Waals surface area contributed by atoms with E-state index in [2.05, 4.69) is 33.3 Å². The van der Waals surface area contributed by atoms with Crippen LogP contribution < -0.4 is 0 Å². The molecule has 2 heterocycles. The summed E-state index contributed by atoms with van der Waals surface area (Å²) < 4.78 is 2.13. The minimum atomic E-state index is 0.702. The topological polar surface area (TPSA) is 34.0 Å². The van der Waals surface area contributed by atoms with Gasteiger partial charge in [0.25, 0.3) is 0 Å². The van der Waals surface area contributed by atoms with Crippen molar-refractivity contribution in [1.82, 2.24) is 19.7 Å². The molecule has 2 aromatic rings. The fourth-order valence-corrected chi connectivity index (χ4v) is 4.41. The quantitative estimate of drug-likeness (QED) is 0.515. The normalized spacial score (nSPS) is 18.4. The van der Waals surface area contributed by atoms with Crippen LogP contribution >= 0.6 is 23.4 Å². The van der Waals surface area contributed by atoms with Crippen LogP contribution in [0.5, 0.6) is 0 Å². The molecule has 3 rings (SSSR count). The Kier molecular flexibility index (Phi) is 6.57. The van der Waals surface area contributed by atoms with Crippen LogP contribution in [0.25, 0.3) is 11.4 Å². The molecule has 4 nitrogen and oxygen atoms in total. The number of nitrogens with zero attached hydrogens (tertiary/aromatic N) is 4. The highest BCUT2D eigenvalue weighted by Crippen LogP contribution is 2.27. The van der Waals surface area contributed by atoms with Crippen molar-refractivity contribution in [3.05, 3.63) is 41.9 Å². The van der Waals surface area contributed by atoms with E-state index in [0.29, 0.717) is 12.6 Å². The Morgan fingerprint density at radius 3 is 2.80 bits per heavy atom. The molecule has 6 heteroatoms. The van der Waals surface area contributed by atoms with Gasteiger partial charge in [0.15, 0.2) is 11.0 Å². The van der Waals surface area contributed by atoms with Crippen molar-refractivity contribution in [3.63, 3.8) is 0 Å². The van der Waals surface area contributed by atoms with Gasteiger partial charge in [-0.05, 0) is 57.1 Å². The first kappa shape index (κ1) is 18.5. The summed E-state index contributed by atoms with van der Waals surface area (Å²) in [6.45, 7) is 5.81. The zero-order valence-corrected chi connectivity index (χ0v) is 16.3. The fourth-order valence-electron chi connectivity index (χ4n) is 3.30. The Hall–Kier alpha value is -1.30. The van der Waals surface area contributed by atoms with Crippen molar-refractivity contribution >= 4 is 23.4 Å². The average molecular weight is 377 g/mol. The van der Waals surface area contributed by atoms with E-state index < -0.39 is 0 Å². The van der Waals surface area contributed by atoms with Gasteiger partial charge in [0, 0.05) is 28.9 Å². The maximum Gasteiger partial charge on any atom is 0.191 e. The number of aromatic nitrogens is 3. The molecule has 1 aromatic carbocycles. The molecule has 0 radical (unpaired) electrons. The predicted octanol–water partition coefficient (Wildman–Crippen LogP) is 4.75. The van der Waals surface area contributed by atoms with Gasteiger partial charge >= 0.3 is 0 Å². The summed E-state index contributed by atoms with van der Waals surface area (Å²) in [5.41, 5.74) is 1.03. The fraction of sp³-hybridized carbons (Fsp3) is 0.474. The smallest absolute Gasteiger partial charge is 0.191 e. The summed E-state index contributed by atoms with van der Waals surface area (Å²) in [5.74, 6) is 1.93. The molecular formula is C19H25ClN4S. The molecule has 1 saturated heterocycles. The zero-order chi connectivity index (χ0) is 17.6. The number of piperidine rings is 1. The van der Waals surface area contributed by atoms with Gasteiger partial charge in [0.05, 0.1) is 0 Å². The summed E-state index contributed by atoms with van der Waals surface area (Å²) >= 11 is 7.78. The summed E-state index contributed by atoms with van der Waals surface area (Å²) in [5, 5.41) is 10.5. The number of likely N-dealkylation sites (tertiary alicyclic amines) is 1. The van der Waals surface area contributed by atoms with Crippen LogP contribution in [0.1, 0.15) is 25.7 Å². The monoisotopic (exact) mass is 376 g/mol. The van der Waals surface area contributed by atoms with Gasteiger partial charge < -0.3 is 4.90 Å². The van der Waals surface area contributed by atoms with Crippen LogP contribution in [0.3, 0.4) is 0 Å². The van der Waals surface area contributed by atoms with Crippen LogP contribution in [0.15, 0.2) is 42.1 Å². The molecule has 0 saturated carbocycles. The number of allylic oxidation sites excluding steroid dienone is 1. The molecule has 1 aromatic heterocycles. The van der Waals surface area contributed by atoms with E-state index in [1.807, 2.05) is 30.3 Å². The lowest BCUT2D eigenvalue weighted by molar-refractivity contribution is 0.182. The van der Waals surface area contributed by atoms with E-state index in [1.165, 1.54) is 32.2 Å². The van der Waals surface area contributed by atoms with Crippen molar-refractivity contribution < 1.29 is 0 Å². The summed E-state index contributed by atoms with van der Waals surface area (Å²) in [6, 6.07) is 8.44. The van der Waals surface area contributed by atoms with Gasteiger partial charge in [-0.2, -0.15) is 0 Å². The minimum absolute atomic E-state index is 0.702. The van der Waals surface area contributed by atoms with E-state index in [1.54, 1.807) is 11.8 Å². The maximum absolute atomic E-state index is 5.99. The molecule has 1 aliphatic heterocycles. The average Bonchev–Trinajstić information content (AvgIpc) is 3.01. The molecule has 0 N–H and O–H groups in total. The first-order chi connectivity index (χ1) is 12.2. The first-order valence-corrected chi connectivity index (χ1v) is 10.2. The molecule has 1 fully saturated rings. The second-order valence-corrected chi connectivity index (χ2v) is 7.98. The molecule has 0 spiro atoms. The number of hydrogen-bond acceptors (Lipinski definition) is 4. The van der Waals surface area contributed by atoms with Crippen LogP contribution in [0.2, 0.25) is 5.02 Å². The van der Waals surface area contributed by atoms with Gasteiger partial charge in [-0.3, -0.25) is 4.57 Å². The number of thioether (sulfide) groups is 1. The second-order valence-electron chi connectivity index (χ2n) is 6.48. The Bertz CT molecular complexity index is 698. The van der Waals surface area contributed by atoms with Gasteiger partial charge in [-0.1, -0.05) is 35.9 Å². The third kappa shape index (κ3) is 4.66. The van der Waals surface area contributed by atoms with Crippen LogP contribution in [-0.4, -0.2) is 45.1 Å². The molecule has 0 bridgehead atoms. The van der Waals surface area contributed by atoms with Crippen molar-refractivity contribution in [1.29, 1.82) is 0 Å². The Morgan fingerprint density at radius 2 is 2.08 bits per heavy atom. The van der Waals surface area contributed by atoms with Gasteiger partial charge in [0.2, 0.25) is 0 Å². The van der Waals surface area contributed by atoms with Crippen molar-refractivity contribution in [2.45, 2.75) is 43.4 Å². The lowest BCUT2D eigenvalue weighted by Gasteiger charge is -2.32. The highest BCUT2D eigenvalue weighted by Gasteiger charge is 2.19. The SMILES string of the molecule is C=CCn1c(SCCC2CCCCN2C)nnc1-c1ccc(Cl)cc1. The molecule has 1 atom stereocenters.